The van der Waals surface area contributed by atoms with Crippen molar-refractivity contribution in [3.05, 3.63) is 90.5 Å². The maximum absolute atomic E-state index is 15.7. The second-order valence-corrected chi connectivity index (χ2v) is 11.4. The Hall–Kier alpha value is -4.01. The van der Waals surface area contributed by atoms with Crippen molar-refractivity contribution in [2.75, 3.05) is 23.0 Å². The average Bonchev–Trinajstić information content (AvgIpc) is 3.31. The smallest absolute Gasteiger partial charge is 0.266 e. The molecule has 0 bridgehead atoms. The largest absolute Gasteiger partial charge is 0.454 e. The molecule has 1 saturated heterocycles. The van der Waals surface area contributed by atoms with E-state index in [0.29, 0.717) is 39.7 Å². The number of alkyl halides is 1. The molecule has 6 rings (SSSR count). The SMILES string of the molecule is C=CCN1C(=O)[C@@]2(O[C@@H](CCO)[C@H](C(C)(C)F)[C@H]2C)c2cc(N3C(=O)c4ccccc4Oc4ccccc43)ccc21. The van der Waals surface area contributed by atoms with Gasteiger partial charge in [-0.2, -0.15) is 0 Å². The number of rotatable bonds is 6. The predicted octanol–water partition coefficient (Wildman–Crippen LogP) is 6.28. The van der Waals surface area contributed by atoms with E-state index in [1.54, 1.807) is 58.3 Å². The van der Waals surface area contributed by atoms with Gasteiger partial charge < -0.3 is 19.5 Å². The summed E-state index contributed by atoms with van der Waals surface area (Å²) in [6, 6.07) is 19.8. The highest BCUT2D eigenvalue weighted by Crippen LogP contribution is 2.59. The summed E-state index contributed by atoms with van der Waals surface area (Å²) in [4.78, 5) is 31.5. The van der Waals surface area contributed by atoms with E-state index in [4.69, 9.17) is 9.47 Å². The van der Waals surface area contributed by atoms with Gasteiger partial charge in [-0.1, -0.05) is 37.3 Å². The van der Waals surface area contributed by atoms with Crippen LogP contribution in [0.2, 0.25) is 0 Å². The summed E-state index contributed by atoms with van der Waals surface area (Å²) in [5.74, 6) is -0.842. The molecule has 3 heterocycles. The molecule has 3 aliphatic heterocycles. The van der Waals surface area contributed by atoms with Crippen LogP contribution in [0, 0.1) is 11.8 Å². The van der Waals surface area contributed by atoms with Gasteiger partial charge in [-0.05, 0) is 62.7 Å². The topological polar surface area (TPSA) is 79.3 Å². The standard InChI is InChI=1S/C33H33FN2O5/c1-5-17-35-24-15-14-21(36-25-11-7-9-13-27(25)40-26-12-8-6-10-22(26)30(36)38)19-23(24)33(31(35)39)20(2)29(32(3,4)34)28(41-33)16-18-37/h5-15,19-20,28-29,37H,1,16-18H2,2-4H3/t20-,28+,29-,33+/m1/s1. The molecule has 0 saturated carbocycles. The fraction of sp³-hybridized carbons (Fsp3) is 0.333. The molecule has 1 N–H and O–H groups in total. The number of aliphatic hydroxyl groups excluding tert-OH is 1. The van der Waals surface area contributed by atoms with Crippen LogP contribution in [0.15, 0.2) is 79.4 Å². The summed E-state index contributed by atoms with van der Waals surface area (Å²) in [7, 11) is 0. The van der Waals surface area contributed by atoms with E-state index in [1.165, 1.54) is 13.8 Å². The second kappa shape index (κ2) is 9.82. The average molecular weight is 557 g/mol. The molecule has 0 unspecified atom stereocenters. The quantitative estimate of drug-likeness (QED) is 0.362. The van der Waals surface area contributed by atoms with Crippen LogP contribution in [0.25, 0.3) is 0 Å². The van der Waals surface area contributed by atoms with Gasteiger partial charge in [0.1, 0.15) is 11.4 Å². The van der Waals surface area contributed by atoms with Crippen LogP contribution < -0.4 is 14.5 Å². The van der Waals surface area contributed by atoms with Crippen LogP contribution in [0.1, 0.15) is 43.1 Å². The first-order valence-electron chi connectivity index (χ1n) is 13.9. The molecule has 1 fully saturated rings. The highest BCUT2D eigenvalue weighted by molar-refractivity contribution is 6.15. The summed E-state index contributed by atoms with van der Waals surface area (Å²) < 4.78 is 28.4. The van der Waals surface area contributed by atoms with E-state index in [0.717, 1.165) is 0 Å². The number of ether oxygens (including phenoxy) is 2. The zero-order valence-electron chi connectivity index (χ0n) is 23.3. The van der Waals surface area contributed by atoms with E-state index < -0.39 is 29.2 Å². The molecule has 0 aliphatic carbocycles. The predicted molar refractivity (Wildman–Crippen MR) is 155 cm³/mol. The number of carbonyl (C=O) groups is 2. The number of benzene rings is 3. The lowest BCUT2D eigenvalue weighted by molar-refractivity contribution is -0.146. The van der Waals surface area contributed by atoms with Crippen molar-refractivity contribution in [3.8, 4) is 11.5 Å². The van der Waals surface area contributed by atoms with E-state index in [1.807, 2.05) is 31.2 Å². The molecule has 2 amide bonds. The summed E-state index contributed by atoms with van der Waals surface area (Å²) in [6.45, 7) is 8.69. The lowest BCUT2D eigenvalue weighted by Gasteiger charge is -2.32. The lowest BCUT2D eigenvalue weighted by Crippen LogP contribution is -2.45. The molecule has 0 radical (unpaired) electrons. The minimum absolute atomic E-state index is 0.194. The summed E-state index contributed by atoms with van der Waals surface area (Å²) in [5.41, 5.74) is -0.511. The number of carbonyl (C=O) groups excluding carboxylic acids is 2. The number of para-hydroxylation sites is 3. The Labute approximate surface area is 238 Å². The Morgan fingerprint density at radius 1 is 1.05 bits per heavy atom. The highest BCUT2D eigenvalue weighted by atomic mass is 19.1. The maximum atomic E-state index is 15.7. The number of hydrogen-bond donors (Lipinski definition) is 1. The molecule has 3 aromatic carbocycles. The molecular formula is C33H33FN2O5. The van der Waals surface area contributed by atoms with E-state index in [2.05, 4.69) is 6.58 Å². The van der Waals surface area contributed by atoms with Gasteiger partial charge in [0.15, 0.2) is 11.4 Å². The van der Waals surface area contributed by atoms with Gasteiger partial charge >= 0.3 is 0 Å². The fourth-order valence-corrected chi connectivity index (χ4v) is 6.95. The third-order valence-electron chi connectivity index (χ3n) is 8.57. The molecule has 0 aromatic heterocycles. The minimum atomic E-state index is -1.67. The fourth-order valence-electron chi connectivity index (χ4n) is 6.95. The van der Waals surface area contributed by atoms with Gasteiger partial charge in [-0.3, -0.25) is 14.5 Å². The third-order valence-corrected chi connectivity index (χ3v) is 8.57. The first-order chi connectivity index (χ1) is 19.6. The van der Waals surface area contributed by atoms with Gasteiger partial charge in [0.25, 0.3) is 11.8 Å². The van der Waals surface area contributed by atoms with Crippen molar-refractivity contribution in [2.24, 2.45) is 11.8 Å². The summed E-state index contributed by atoms with van der Waals surface area (Å²) in [6.07, 6.45) is 1.15. The van der Waals surface area contributed by atoms with Crippen molar-refractivity contribution in [1.29, 1.82) is 0 Å². The lowest BCUT2D eigenvalue weighted by atomic mass is 9.71. The monoisotopic (exact) mass is 556 g/mol. The number of halogens is 1. The van der Waals surface area contributed by atoms with Crippen molar-refractivity contribution >= 4 is 28.9 Å². The van der Waals surface area contributed by atoms with Gasteiger partial charge in [0, 0.05) is 36.2 Å². The normalized spacial score (nSPS) is 25.0. The Balaban J connectivity index is 1.56. The van der Waals surface area contributed by atoms with E-state index >= 15 is 4.39 Å². The molecule has 1 spiro atoms. The first-order valence-corrected chi connectivity index (χ1v) is 13.9. The third kappa shape index (κ3) is 4.00. The highest BCUT2D eigenvalue weighted by Gasteiger charge is 2.66. The van der Waals surface area contributed by atoms with E-state index in [-0.39, 0.29) is 31.4 Å². The number of aliphatic hydroxyl groups is 1. The maximum Gasteiger partial charge on any atom is 0.266 e. The number of fused-ring (bicyclic) bond motifs is 4. The van der Waals surface area contributed by atoms with Crippen LogP contribution >= 0.6 is 0 Å². The number of nitrogens with zero attached hydrogens (tertiary/aromatic N) is 2. The van der Waals surface area contributed by atoms with Crippen LogP contribution in [0.3, 0.4) is 0 Å². The van der Waals surface area contributed by atoms with Gasteiger partial charge in [0.05, 0.1) is 23.0 Å². The Kier molecular flexibility index (Phi) is 6.51. The van der Waals surface area contributed by atoms with Crippen molar-refractivity contribution in [1.82, 2.24) is 0 Å². The van der Waals surface area contributed by atoms with Crippen molar-refractivity contribution < 1.29 is 28.6 Å². The molecular weight excluding hydrogens is 523 g/mol. The van der Waals surface area contributed by atoms with Crippen LogP contribution in [0.5, 0.6) is 11.5 Å². The van der Waals surface area contributed by atoms with Gasteiger partial charge in [-0.15, -0.1) is 6.58 Å². The Morgan fingerprint density at radius 3 is 2.46 bits per heavy atom. The van der Waals surface area contributed by atoms with Gasteiger partial charge in [0.2, 0.25) is 0 Å². The summed E-state index contributed by atoms with van der Waals surface area (Å²) in [5, 5.41) is 9.80. The molecule has 3 aliphatic rings. The van der Waals surface area contributed by atoms with Crippen molar-refractivity contribution in [3.63, 3.8) is 0 Å². The molecule has 8 heteroatoms. The molecule has 3 aromatic rings. The van der Waals surface area contributed by atoms with E-state index in [9.17, 15) is 14.7 Å². The Morgan fingerprint density at radius 2 is 1.76 bits per heavy atom. The zero-order valence-corrected chi connectivity index (χ0v) is 23.3. The van der Waals surface area contributed by atoms with Crippen LogP contribution in [-0.2, 0) is 15.1 Å². The van der Waals surface area contributed by atoms with Crippen LogP contribution in [-0.4, -0.2) is 41.8 Å². The molecule has 212 valence electrons. The number of amides is 2. The second-order valence-electron chi connectivity index (χ2n) is 11.4. The van der Waals surface area contributed by atoms with Crippen molar-refractivity contribution in [2.45, 2.75) is 44.6 Å². The molecule has 7 nitrogen and oxygen atoms in total. The zero-order chi connectivity index (χ0) is 29.1. The van der Waals surface area contributed by atoms with Crippen LogP contribution in [0.4, 0.5) is 21.5 Å². The number of anilines is 3. The molecule has 4 atom stereocenters. The first kappa shape index (κ1) is 27.2. The minimum Gasteiger partial charge on any atom is -0.454 e. The van der Waals surface area contributed by atoms with Gasteiger partial charge in [-0.25, -0.2) is 4.39 Å². The Bertz CT molecular complexity index is 1550. The molecule has 41 heavy (non-hydrogen) atoms. The number of hydrogen-bond acceptors (Lipinski definition) is 5. The summed E-state index contributed by atoms with van der Waals surface area (Å²) >= 11 is 0.